The summed E-state index contributed by atoms with van der Waals surface area (Å²) < 4.78 is 11.7. The Bertz CT molecular complexity index is 724. The summed E-state index contributed by atoms with van der Waals surface area (Å²) in [5.74, 6) is 0.398. The minimum atomic E-state index is -0.738. The number of ether oxygens (including phenoxy) is 2. The van der Waals surface area contributed by atoms with Gasteiger partial charge in [0.1, 0.15) is 6.61 Å². The Labute approximate surface area is 158 Å². The van der Waals surface area contributed by atoms with E-state index in [0.29, 0.717) is 31.9 Å². The first kappa shape index (κ1) is 18.1. The number of rotatable bonds is 6. The van der Waals surface area contributed by atoms with E-state index in [4.69, 9.17) is 9.47 Å². The number of carbonyl (C=O) groups excluding carboxylic acids is 1. The molecule has 3 aliphatic rings. The zero-order chi connectivity index (χ0) is 19.0. The van der Waals surface area contributed by atoms with E-state index in [1.54, 1.807) is 4.90 Å². The molecule has 0 aromatic heterocycles. The fourth-order valence-corrected chi connectivity index (χ4v) is 4.68. The summed E-state index contributed by atoms with van der Waals surface area (Å²) in [6, 6.07) is 7.76. The molecule has 1 amide bonds. The second kappa shape index (κ2) is 7.38. The Kier molecular flexibility index (Phi) is 4.95. The molecular weight excluding hydrogens is 348 g/mol. The molecule has 0 saturated carbocycles. The molecule has 1 aromatic carbocycles. The number of benzene rings is 1. The van der Waals surface area contributed by atoms with Crippen LogP contribution in [0, 0.1) is 5.92 Å². The predicted octanol–water partition coefficient (Wildman–Crippen LogP) is 1.61. The first-order valence-corrected chi connectivity index (χ1v) is 9.71. The Hall–Kier alpha value is -2.28. The van der Waals surface area contributed by atoms with Crippen LogP contribution in [0.25, 0.3) is 0 Å². The maximum absolute atomic E-state index is 12.9. The molecule has 7 heteroatoms. The molecule has 0 radical (unpaired) electrons. The van der Waals surface area contributed by atoms with E-state index in [2.05, 4.69) is 4.90 Å². The second-order valence-corrected chi connectivity index (χ2v) is 7.58. The molecule has 27 heavy (non-hydrogen) atoms. The fourth-order valence-electron chi connectivity index (χ4n) is 4.68. The topological polar surface area (TPSA) is 79.3 Å². The summed E-state index contributed by atoms with van der Waals surface area (Å²) in [7, 11) is 0. The second-order valence-electron chi connectivity index (χ2n) is 7.58. The van der Waals surface area contributed by atoms with Crippen LogP contribution in [0.5, 0.6) is 11.5 Å². The van der Waals surface area contributed by atoms with Gasteiger partial charge in [-0.15, -0.1) is 0 Å². The lowest BCUT2D eigenvalue weighted by Crippen LogP contribution is -2.48. The number of hydrogen-bond donors (Lipinski definition) is 1. The van der Waals surface area contributed by atoms with Crippen molar-refractivity contribution in [2.75, 3.05) is 26.2 Å². The minimum absolute atomic E-state index is 0.00343. The molecule has 3 aliphatic heterocycles. The van der Waals surface area contributed by atoms with Gasteiger partial charge < -0.3 is 19.5 Å². The lowest BCUT2D eigenvalue weighted by molar-refractivity contribution is -0.143. The van der Waals surface area contributed by atoms with Crippen LogP contribution in [0.15, 0.2) is 24.3 Å². The van der Waals surface area contributed by atoms with Crippen molar-refractivity contribution in [3.63, 3.8) is 0 Å². The molecule has 1 N–H and O–H groups in total. The molecule has 2 fully saturated rings. The number of carboxylic acid groups (broad SMARTS) is 1. The van der Waals surface area contributed by atoms with Gasteiger partial charge in [-0.25, -0.2) is 0 Å². The number of aliphatic carboxylic acids is 1. The minimum Gasteiger partial charge on any atom is -0.486 e. The normalized spacial score (nSPS) is 28.9. The Morgan fingerprint density at radius 2 is 2.04 bits per heavy atom. The van der Waals surface area contributed by atoms with E-state index < -0.39 is 5.97 Å². The van der Waals surface area contributed by atoms with Crippen LogP contribution in [-0.2, 0) is 9.59 Å². The number of nitrogens with zero attached hydrogens (tertiary/aromatic N) is 2. The van der Waals surface area contributed by atoms with E-state index in [-0.39, 0.29) is 36.6 Å². The van der Waals surface area contributed by atoms with Gasteiger partial charge in [0.2, 0.25) is 5.91 Å². The van der Waals surface area contributed by atoms with Crippen LogP contribution in [-0.4, -0.2) is 71.2 Å². The molecular formula is C20H26N2O5. The van der Waals surface area contributed by atoms with E-state index in [0.717, 1.165) is 18.6 Å². The average molecular weight is 374 g/mol. The van der Waals surface area contributed by atoms with Crippen molar-refractivity contribution in [2.24, 2.45) is 5.92 Å². The smallest absolute Gasteiger partial charge is 0.308 e. The first-order valence-electron chi connectivity index (χ1n) is 9.71. The monoisotopic (exact) mass is 374 g/mol. The summed E-state index contributed by atoms with van der Waals surface area (Å²) >= 11 is 0. The summed E-state index contributed by atoms with van der Waals surface area (Å²) in [6.07, 6.45) is 2.32. The van der Waals surface area contributed by atoms with Gasteiger partial charge in [0.05, 0.1) is 19.0 Å². The summed E-state index contributed by atoms with van der Waals surface area (Å²) in [5.41, 5.74) is 0. The van der Waals surface area contributed by atoms with Crippen molar-refractivity contribution in [1.29, 1.82) is 0 Å². The number of amides is 1. The van der Waals surface area contributed by atoms with Gasteiger partial charge in [-0.2, -0.15) is 0 Å². The largest absolute Gasteiger partial charge is 0.486 e. The van der Waals surface area contributed by atoms with Crippen LogP contribution in [0.4, 0.5) is 0 Å². The van der Waals surface area contributed by atoms with Gasteiger partial charge in [0, 0.05) is 18.6 Å². The van der Waals surface area contributed by atoms with Crippen LogP contribution < -0.4 is 9.47 Å². The third-order valence-corrected chi connectivity index (χ3v) is 6.04. The van der Waals surface area contributed by atoms with Crippen LogP contribution in [0.1, 0.15) is 26.2 Å². The van der Waals surface area contributed by atoms with E-state index in [9.17, 15) is 14.7 Å². The van der Waals surface area contributed by atoms with Crippen molar-refractivity contribution in [3.8, 4) is 11.5 Å². The third-order valence-electron chi connectivity index (χ3n) is 6.04. The maximum atomic E-state index is 12.9. The van der Waals surface area contributed by atoms with Crippen LogP contribution in [0.2, 0.25) is 0 Å². The van der Waals surface area contributed by atoms with E-state index >= 15 is 0 Å². The average Bonchev–Trinajstić information content (AvgIpc) is 3.22. The molecule has 7 nitrogen and oxygen atoms in total. The van der Waals surface area contributed by atoms with Crippen molar-refractivity contribution < 1.29 is 24.2 Å². The van der Waals surface area contributed by atoms with Crippen molar-refractivity contribution in [3.05, 3.63) is 24.3 Å². The van der Waals surface area contributed by atoms with Gasteiger partial charge in [-0.3, -0.25) is 14.5 Å². The molecule has 0 aliphatic carbocycles. The van der Waals surface area contributed by atoms with E-state index in [1.807, 2.05) is 31.2 Å². The molecule has 4 unspecified atom stereocenters. The number of fused-ring (bicyclic) bond motifs is 3. The highest BCUT2D eigenvalue weighted by atomic mass is 16.6. The van der Waals surface area contributed by atoms with Gasteiger partial charge in [0.25, 0.3) is 0 Å². The van der Waals surface area contributed by atoms with Crippen molar-refractivity contribution in [2.45, 2.75) is 44.4 Å². The lowest BCUT2D eigenvalue weighted by Gasteiger charge is -2.32. The molecule has 146 valence electrons. The predicted molar refractivity (Wildman–Crippen MR) is 97.9 cm³/mol. The van der Waals surface area contributed by atoms with Crippen LogP contribution >= 0.6 is 0 Å². The highest BCUT2D eigenvalue weighted by Gasteiger charge is 2.49. The summed E-state index contributed by atoms with van der Waals surface area (Å²) in [6.45, 7) is 3.71. The summed E-state index contributed by atoms with van der Waals surface area (Å²) in [5, 5.41) is 9.39. The zero-order valence-corrected chi connectivity index (χ0v) is 15.5. The number of hydrogen-bond acceptors (Lipinski definition) is 5. The Morgan fingerprint density at radius 1 is 1.26 bits per heavy atom. The molecule has 3 heterocycles. The quantitative estimate of drug-likeness (QED) is 0.815. The SMILES string of the molecule is CCN(CC1COc2ccccc2O1)C(=O)CN1C2CCC1C(C(=O)O)C2. The van der Waals surface area contributed by atoms with Crippen molar-refractivity contribution >= 4 is 11.9 Å². The van der Waals surface area contributed by atoms with Crippen LogP contribution in [0.3, 0.4) is 0 Å². The number of para-hydroxylation sites is 2. The number of carboxylic acids is 1. The number of likely N-dealkylation sites (N-methyl/N-ethyl adjacent to an activating group) is 1. The van der Waals surface area contributed by atoms with Gasteiger partial charge in [-0.05, 0) is 38.3 Å². The Morgan fingerprint density at radius 3 is 2.74 bits per heavy atom. The number of carbonyl (C=O) groups is 2. The fraction of sp³-hybridized carbons (Fsp3) is 0.600. The molecule has 0 spiro atoms. The molecule has 2 saturated heterocycles. The molecule has 4 atom stereocenters. The Balaban J connectivity index is 1.36. The highest BCUT2D eigenvalue weighted by molar-refractivity contribution is 5.79. The zero-order valence-electron chi connectivity index (χ0n) is 15.5. The van der Waals surface area contributed by atoms with E-state index in [1.165, 1.54) is 0 Å². The first-order chi connectivity index (χ1) is 13.1. The van der Waals surface area contributed by atoms with Gasteiger partial charge in [0.15, 0.2) is 17.6 Å². The molecule has 2 bridgehead atoms. The molecule has 4 rings (SSSR count). The van der Waals surface area contributed by atoms with Gasteiger partial charge >= 0.3 is 5.97 Å². The maximum Gasteiger partial charge on any atom is 0.308 e. The lowest BCUT2D eigenvalue weighted by atomic mass is 9.89. The third kappa shape index (κ3) is 3.48. The van der Waals surface area contributed by atoms with Gasteiger partial charge in [-0.1, -0.05) is 12.1 Å². The highest BCUT2D eigenvalue weighted by Crippen LogP contribution is 2.41. The van der Waals surface area contributed by atoms with Crippen molar-refractivity contribution in [1.82, 2.24) is 9.80 Å². The molecule has 1 aromatic rings. The summed E-state index contributed by atoms with van der Waals surface area (Å²) in [4.78, 5) is 28.2. The standard InChI is InChI=1S/C20H26N2O5/c1-2-21(10-14-12-26-17-5-3-4-6-18(17)27-14)19(23)11-22-13-7-8-16(22)15(9-13)20(24)25/h3-6,13-16H,2,7-12H2,1H3,(H,24,25).